The van der Waals surface area contributed by atoms with Crippen molar-refractivity contribution in [1.29, 1.82) is 0 Å². The molecule has 0 aromatic heterocycles. The van der Waals surface area contributed by atoms with Crippen molar-refractivity contribution in [3.63, 3.8) is 0 Å². The van der Waals surface area contributed by atoms with Gasteiger partial charge in [0.25, 0.3) is 0 Å². The predicted octanol–water partition coefficient (Wildman–Crippen LogP) is 1.73. The van der Waals surface area contributed by atoms with Crippen LogP contribution in [0.3, 0.4) is 0 Å². The highest BCUT2D eigenvalue weighted by atomic mass is 32.1. The van der Waals surface area contributed by atoms with Gasteiger partial charge in [-0.2, -0.15) is 0 Å². The molecule has 1 aromatic carbocycles. The van der Waals surface area contributed by atoms with Crippen LogP contribution in [0.2, 0.25) is 0 Å². The minimum Gasteiger partial charge on any atom is -0.492 e. The Morgan fingerprint density at radius 2 is 2.05 bits per heavy atom. The summed E-state index contributed by atoms with van der Waals surface area (Å²) in [5.41, 5.74) is 6.53. The van der Waals surface area contributed by atoms with E-state index in [0.29, 0.717) is 17.6 Å². The first-order chi connectivity index (χ1) is 10.1. The average Bonchev–Trinajstić information content (AvgIpc) is 2.48. The number of piperidine rings is 1. The first-order valence-corrected chi connectivity index (χ1v) is 7.89. The van der Waals surface area contributed by atoms with Crippen molar-refractivity contribution < 1.29 is 4.74 Å². The molecule has 0 unspecified atom stereocenters. The number of nitrogens with zero attached hydrogens (tertiary/aromatic N) is 2. The van der Waals surface area contributed by atoms with E-state index in [1.165, 1.54) is 25.9 Å². The van der Waals surface area contributed by atoms with Crippen molar-refractivity contribution in [2.45, 2.75) is 18.9 Å². The van der Waals surface area contributed by atoms with Crippen LogP contribution in [0, 0.1) is 0 Å². The number of hydrogen-bond donors (Lipinski definition) is 1. The molecule has 1 heterocycles. The SMILES string of the molecule is CN1CCC(N(C)CCOc2ccccc2C(N)=S)CC1. The maximum Gasteiger partial charge on any atom is 0.129 e. The molecule has 0 aliphatic carbocycles. The molecular formula is C16H25N3OS. The lowest BCUT2D eigenvalue weighted by Crippen LogP contribution is -2.43. The van der Waals surface area contributed by atoms with Crippen molar-refractivity contribution >= 4 is 17.2 Å². The van der Waals surface area contributed by atoms with Crippen LogP contribution in [0.1, 0.15) is 18.4 Å². The molecule has 21 heavy (non-hydrogen) atoms. The number of likely N-dealkylation sites (N-methyl/N-ethyl adjacent to an activating group) is 1. The van der Waals surface area contributed by atoms with E-state index < -0.39 is 0 Å². The average molecular weight is 307 g/mol. The van der Waals surface area contributed by atoms with Gasteiger partial charge in [0, 0.05) is 12.6 Å². The molecule has 0 saturated carbocycles. The number of hydrogen-bond acceptors (Lipinski definition) is 4. The molecule has 0 radical (unpaired) electrons. The lowest BCUT2D eigenvalue weighted by Gasteiger charge is -2.35. The number of likely N-dealkylation sites (tertiary alicyclic amines) is 1. The van der Waals surface area contributed by atoms with Gasteiger partial charge in [0.15, 0.2) is 0 Å². The zero-order chi connectivity index (χ0) is 15.2. The Balaban J connectivity index is 1.80. The minimum absolute atomic E-state index is 0.384. The van der Waals surface area contributed by atoms with Crippen LogP contribution < -0.4 is 10.5 Å². The van der Waals surface area contributed by atoms with Gasteiger partial charge in [0.05, 0.1) is 5.56 Å². The Hall–Kier alpha value is -1.17. The maximum absolute atomic E-state index is 5.86. The smallest absolute Gasteiger partial charge is 0.129 e. The molecule has 4 nitrogen and oxygen atoms in total. The largest absolute Gasteiger partial charge is 0.492 e. The number of thiocarbonyl (C=S) groups is 1. The van der Waals surface area contributed by atoms with Crippen molar-refractivity contribution in [1.82, 2.24) is 9.80 Å². The molecule has 0 amide bonds. The predicted molar refractivity (Wildman–Crippen MR) is 91.0 cm³/mol. The lowest BCUT2D eigenvalue weighted by molar-refractivity contribution is 0.127. The van der Waals surface area contributed by atoms with Crippen molar-refractivity contribution in [3.8, 4) is 5.75 Å². The fraction of sp³-hybridized carbons (Fsp3) is 0.562. The Labute approximate surface area is 132 Å². The molecule has 1 saturated heterocycles. The molecule has 1 aliphatic rings. The van der Waals surface area contributed by atoms with Crippen LogP contribution >= 0.6 is 12.2 Å². The highest BCUT2D eigenvalue weighted by Crippen LogP contribution is 2.18. The van der Waals surface area contributed by atoms with E-state index >= 15 is 0 Å². The van der Waals surface area contributed by atoms with Crippen molar-refractivity contribution in [3.05, 3.63) is 29.8 Å². The van der Waals surface area contributed by atoms with Gasteiger partial charge in [0.2, 0.25) is 0 Å². The number of ether oxygens (including phenoxy) is 1. The van der Waals surface area contributed by atoms with Crippen LogP contribution in [-0.4, -0.2) is 61.2 Å². The third-order valence-electron chi connectivity index (χ3n) is 4.17. The van der Waals surface area contributed by atoms with Gasteiger partial charge in [-0.05, 0) is 52.2 Å². The molecule has 5 heteroatoms. The topological polar surface area (TPSA) is 41.7 Å². The standard InChI is InChI=1S/C16H25N3OS/c1-18-9-7-13(8-10-18)19(2)11-12-20-15-6-4-3-5-14(15)16(17)21/h3-6,13H,7-12H2,1-2H3,(H2,17,21). The minimum atomic E-state index is 0.384. The highest BCUT2D eigenvalue weighted by molar-refractivity contribution is 7.80. The molecule has 116 valence electrons. The van der Waals surface area contributed by atoms with Gasteiger partial charge in [-0.25, -0.2) is 0 Å². The highest BCUT2D eigenvalue weighted by Gasteiger charge is 2.20. The van der Waals surface area contributed by atoms with Gasteiger partial charge >= 0.3 is 0 Å². The number of nitrogens with two attached hydrogens (primary N) is 1. The van der Waals surface area contributed by atoms with E-state index in [1.807, 2.05) is 24.3 Å². The second-order valence-corrected chi connectivity index (χ2v) is 6.16. The number of benzene rings is 1. The summed E-state index contributed by atoms with van der Waals surface area (Å²) in [7, 11) is 4.37. The second kappa shape index (κ2) is 7.73. The third-order valence-corrected chi connectivity index (χ3v) is 4.39. The zero-order valence-electron chi connectivity index (χ0n) is 12.9. The van der Waals surface area contributed by atoms with E-state index in [2.05, 4.69) is 23.9 Å². The summed E-state index contributed by atoms with van der Waals surface area (Å²) in [6.45, 7) is 3.93. The molecule has 0 bridgehead atoms. The molecule has 1 aromatic rings. The van der Waals surface area contributed by atoms with Crippen molar-refractivity contribution in [2.75, 3.05) is 40.3 Å². The van der Waals surface area contributed by atoms with Gasteiger partial charge in [-0.3, -0.25) is 4.90 Å². The third kappa shape index (κ3) is 4.66. The van der Waals surface area contributed by atoms with Gasteiger partial charge in [-0.15, -0.1) is 0 Å². The van der Waals surface area contributed by atoms with Crippen LogP contribution in [0.25, 0.3) is 0 Å². The molecule has 2 rings (SSSR count). The monoisotopic (exact) mass is 307 g/mol. The number of para-hydroxylation sites is 1. The second-order valence-electron chi connectivity index (χ2n) is 5.72. The Morgan fingerprint density at radius 1 is 1.38 bits per heavy atom. The van der Waals surface area contributed by atoms with E-state index in [9.17, 15) is 0 Å². The molecular weight excluding hydrogens is 282 g/mol. The maximum atomic E-state index is 5.86. The van der Waals surface area contributed by atoms with Crippen LogP contribution in [-0.2, 0) is 0 Å². The normalized spacial score (nSPS) is 17.1. The molecule has 2 N–H and O–H groups in total. The summed E-state index contributed by atoms with van der Waals surface area (Å²) in [6, 6.07) is 8.35. The molecule has 0 spiro atoms. The van der Waals surface area contributed by atoms with Gasteiger partial charge in [0.1, 0.15) is 17.3 Å². The first kappa shape index (κ1) is 16.2. The quantitative estimate of drug-likeness (QED) is 0.811. The summed E-state index contributed by atoms with van der Waals surface area (Å²) >= 11 is 5.05. The molecule has 1 fully saturated rings. The Kier molecular flexibility index (Phi) is 5.96. The van der Waals surface area contributed by atoms with E-state index in [-0.39, 0.29) is 0 Å². The van der Waals surface area contributed by atoms with Gasteiger partial charge in [-0.1, -0.05) is 24.4 Å². The van der Waals surface area contributed by atoms with E-state index in [1.54, 1.807) is 0 Å². The fourth-order valence-corrected chi connectivity index (χ4v) is 2.88. The summed E-state index contributed by atoms with van der Waals surface area (Å²) < 4.78 is 5.86. The summed E-state index contributed by atoms with van der Waals surface area (Å²) in [5.74, 6) is 0.779. The Bertz CT molecular complexity index is 472. The summed E-state index contributed by atoms with van der Waals surface area (Å²) in [6.07, 6.45) is 2.47. The Morgan fingerprint density at radius 3 is 2.71 bits per heavy atom. The molecule has 1 aliphatic heterocycles. The molecule has 0 atom stereocenters. The number of rotatable bonds is 6. The first-order valence-electron chi connectivity index (χ1n) is 7.48. The van der Waals surface area contributed by atoms with Crippen LogP contribution in [0.4, 0.5) is 0 Å². The summed E-state index contributed by atoms with van der Waals surface area (Å²) in [5, 5.41) is 0. The summed E-state index contributed by atoms with van der Waals surface area (Å²) in [4.78, 5) is 5.17. The van der Waals surface area contributed by atoms with Crippen LogP contribution in [0.15, 0.2) is 24.3 Å². The van der Waals surface area contributed by atoms with E-state index in [0.717, 1.165) is 17.9 Å². The fourth-order valence-electron chi connectivity index (χ4n) is 2.71. The van der Waals surface area contributed by atoms with Gasteiger partial charge < -0.3 is 15.4 Å². The lowest BCUT2D eigenvalue weighted by atomic mass is 10.0. The zero-order valence-corrected chi connectivity index (χ0v) is 13.7. The van der Waals surface area contributed by atoms with Crippen LogP contribution in [0.5, 0.6) is 5.75 Å². The van der Waals surface area contributed by atoms with E-state index in [4.69, 9.17) is 22.7 Å². The van der Waals surface area contributed by atoms with Crippen molar-refractivity contribution in [2.24, 2.45) is 5.73 Å².